The molecule has 0 aromatic carbocycles. The molecule has 102 valence electrons. The summed E-state index contributed by atoms with van der Waals surface area (Å²) in [5.41, 5.74) is 0. The largest absolute Gasteiger partial charge is 0.372 e. The van der Waals surface area contributed by atoms with Crippen molar-refractivity contribution in [1.82, 2.24) is 10.2 Å². The summed E-state index contributed by atoms with van der Waals surface area (Å²) in [6.45, 7) is 4.85. The maximum Gasteiger partial charge on any atom is 0.312 e. The van der Waals surface area contributed by atoms with Gasteiger partial charge in [-0.3, -0.25) is 9.59 Å². The molecule has 5 heteroatoms. The molecule has 0 radical (unpaired) electrons. The molecule has 1 saturated heterocycles. The molecular formula is C13H22N2O3. The predicted molar refractivity (Wildman–Crippen MR) is 67.0 cm³/mol. The van der Waals surface area contributed by atoms with Crippen LogP contribution in [0, 0.1) is 0 Å². The summed E-state index contributed by atoms with van der Waals surface area (Å²) in [7, 11) is 0. The van der Waals surface area contributed by atoms with E-state index in [2.05, 4.69) is 5.32 Å². The highest BCUT2D eigenvalue weighted by molar-refractivity contribution is 6.35. The van der Waals surface area contributed by atoms with Crippen molar-refractivity contribution in [2.45, 2.75) is 57.8 Å². The summed E-state index contributed by atoms with van der Waals surface area (Å²) in [6, 6.07) is 0.192. The normalized spacial score (nSPS) is 29.3. The zero-order valence-corrected chi connectivity index (χ0v) is 11.1. The third-order valence-corrected chi connectivity index (χ3v) is 3.59. The Kier molecular flexibility index (Phi) is 4.22. The lowest BCUT2D eigenvalue weighted by Gasteiger charge is -2.35. The summed E-state index contributed by atoms with van der Waals surface area (Å²) in [5, 5.41) is 2.83. The summed E-state index contributed by atoms with van der Waals surface area (Å²) in [5.74, 6) is -0.868. The molecule has 0 aromatic rings. The molecule has 18 heavy (non-hydrogen) atoms. The zero-order chi connectivity index (χ0) is 13.1. The van der Waals surface area contributed by atoms with Crippen LogP contribution in [0.25, 0.3) is 0 Å². The van der Waals surface area contributed by atoms with Crippen LogP contribution in [0.4, 0.5) is 0 Å². The lowest BCUT2D eigenvalue weighted by Crippen LogP contribution is -2.53. The van der Waals surface area contributed by atoms with E-state index in [1.165, 1.54) is 0 Å². The SMILES string of the molecule is CC1CN(C(=O)C(=O)NC2CCCC2)CC(C)O1. The molecule has 1 aliphatic carbocycles. The van der Waals surface area contributed by atoms with E-state index < -0.39 is 11.8 Å². The Morgan fingerprint density at radius 3 is 2.22 bits per heavy atom. The van der Waals surface area contributed by atoms with Crippen molar-refractivity contribution in [3.8, 4) is 0 Å². The van der Waals surface area contributed by atoms with Gasteiger partial charge >= 0.3 is 11.8 Å². The first-order valence-corrected chi connectivity index (χ1v) is 6.81. The standard InChI is InChI=1S/C13H22N2O3/c1-9-7-15(8-10(2)18-9)13(17)12(16)14-11-5-3-4-6-11/h9-11H,3-8H2,1-2H3,(H,14,16). The van der Waals surface area contributed by atoms with Gasteiger partial charge in [0.05, 0.1) is 12.2 Å². The fourth-order valence-corrected chi connectivity index (χ4v) is 2.80. The lowest BCUT2D eigenvalue weighted by atomic mass is 10.2. The molecule has 0 bridgehead atoms. The average Bonchev–Trinajstić information content (AvgIpc) is 2.79. The minimum absolute atomic E-state index is 0.00280. The molecule has 1 saturated carbocycles. The summed E-state index contributed by atoms with van der Waals surface area (Å²) in [4.78, 5) is 25.5. The fourth-order valence-electron chi connectivity index (χ4n) is 2.80. The second-order valence-electron chi connectivity index (χ2n) is 5.42. The lowest BCUT2D eigenvalue weighted by molar-refractivity contribution is -0.153. The third kappa shape index (κ3) is 3.22. The van der Waals surface area contributed by atoms with E-state index in [1.54, 1.807) is 4.90 Å². The summed E-state index contributed by atoms with van der Waals surface area (Å²) >= 11 is 0. The average molecular weight is 254 g/mol. The van der Waals surface area contributed by atoms with Crippen LogP contribution in [0.2, 0.25) is 0 Å². The van der Waals surface area contributed by atoms with Gasteiger partial charge in [-0.15, -0.1) is 0 Å². The Hall–Kier alpha value is -1.10. The number of ether oxygens (including phenoxy) is 1. The van der Waals surface area contributed by atoms with E-state index in [0.717, 1.165) is 25.7 Å². The van der Waals surface area contributed by atoms with E-state index in [9.17, 15) is 9.59 Å². The van der Waals surface area contributed by atoms with Crippen molar-refractivity contribution in [3.63, 3.8) is 0 Å². The predicted octanol–water partition coefficient (Wildman–Crippen LogP) is 0.681. The fraction of sp³-hybridized carbons (Fsp3) is 0.846. The number of morpholine rings is 1. The third-order valence-electron chi connectivity index (χ3n) is 3.59. The van der Waals surface area contributed by atoms with E-state index in [4.69, 9.17) is 4.74 Å². The summed E-state index contributed by atoms with van der Waals surface area (Å²) in [6.07, 6.45) is 4.27. The first-order valence-electron chi connectivity index (χ1n) is 6.81. The van der Waals surface area contributed by atoms with Crippen molar-refractivity contribution in [1.29, 1.82) is 0 Å². The van der Waals surface area contributed by atoms with Gasteiger partial charge in [-0.1, -0.05) is 12.8 Å². The molecule has 1 aliphatic heterocycles. The molecule has 2 fully saturated rings. The number of carbonyl (C=O) groups is 2. The number of hydrogen-bond acceptors (Lipinski definition) is 3. The molecule has 2 atom stereocenters. The van der Waals surface area contributed by atoms with Crippen molar-refractivity contribution < 1.29 is 14.3 Å². The number of hydrogen-bond donors (Lipinski definition) is 1. The smallest absolute Gasteiger partial charge is 0.312 e. The van der Waals surface area contributed by atoms with Crippen LogP contribution in [-0.4, -0.2) is 48.1 Å². The number of rotatable bonds is 1. The molecule has 2 rings (SSSR count). The molecule has 0 aromatic heterocycles. The zero-order valence-electron chi connectivity index (χ0n) is 11.1. The van der Waals surface area contributed by atoms with Gasteiger partial charge < -0.3 is 15.0 Å². The van der Waals surface area contributed by atoms with Crippen LogP contribution in [0.15, 0.2) is 0 Å². The molecule has 5 nitrogen and oxygen atoms in total. The quantitative estimate of drug-likeness (QED) is 0.700. The number of carbonyl (C=O) groups excluding carboxylic acids is 2. The van der Waals surface area contributed by atoms with E-state index in [1.807, 2.05) is 13.8 Å². The van der Waals surface area contributed by atoms with Crippen molar-refractivity contribution >= 4 is 11.8 Å². The number of nitrogens with zero attached hydrogens (tertiary/aromatic N) is 1. The van der Waals surface area contributed by atoms with E-state index in [-0.39, 0.29) is 18.2 Å². The molecule has 1 N–H and O–H groups in total. The van der Waals surface area contributed by atoms with Gasteiger partial charge in [-0.25, -0.2) is 0 Å². The van der Waals surface area contributed by atoms with Crippen LogP contribution in [-0.2, 0) is 14.3 Å². The molecule has 1 heterocycles. The van der Waals surface area contributed by atoms with Crippen molar-refractivity contribution in [2.24, 2.45) is 0 Å². The van der Waals surface area contributed by atoms with Crippen molar-refractivity contribution in [3.05, 3.63) is 0 Å². The molecule has 0 spiro atoms. The highest BCUT2D eigenvalue weighted by atomic mass is 16.5. The van der Waals surface area contributed by atoms with E-state index in [0.29, 0.717) is 13.1 Å². The Bertz CT molecular complexity index is 316. The molecule has 2 aliphatic rings. The highest BCUT2D eigenvalue weighted by Gasteiger charge is 2.30. The minimum atomic E-state index is -0.455. The minimum Gasteiger partial charge on any atom is -0.372 e. The molecular weight excluding hydrogens is 232 g/mol. The molecule has 2 unspecified atom stereocenters. The van der Waals surface area contributed by atoms with Crippen LogP contribution in [0.1, 0.15) is 39.5 Å². The second-order valence-corrected chi connectivity index (χ2v) is 5.42. The second kappa shape index (κ2) is 5.69. The Balaban J connectivity index is 1.87. The van der Waals surface area contributed by atoms with Gasteiger partial charge in [0.2, 0.25) is 0 Å². The maximum absolute atomic E-state index is 12.0. The van der Waals surface area contributed by atoms with Gasteiger partial charge in [0, 0.05) is 19.1 Å². The maximum atomic E-state index is 12.0. The van der Waals surface area contributed by atoms with Gasteiger partial charge in [-0.05, 0) is 26.7 Å². The number of amides is 2. The monoisotopic (exact) mass is 254 g/mol. The Morgan fingerprint density at radius 2 is 1.67 bits per heavy atom. The first kappa shape index (κ1) is 13.3. The topological polar surface area (TPSA) is 58.6 Å². The van der Waals surface area contributed by atoms with Crippen molar-refractivity contribution in [2.75, 3.05) is 13.1 Å². The van der Waals surface area contributed by atoms with Gasteiger partial charge in [-0.2, -0.15) is 0 Å². The van der Waals surface area contributed by atoms with Gasteiger partial charge in [0.1, 0.15) is 0 Å². The van der Waals surface area contributed by atoms with Crippen LogP contribution >= 0.6 is 0 Å². The van der Waals surface area contributed by atoms with Gasteiger partial charge in [0.15, 0.2) is 0 Å². The van der Waals surface area contributed by atoms with Crippen LogP contribution in [0.5, 0.6) is 0 Å². The van der Waals surface area contributed by atoms with Crippen LogP contribution in [0.3, 0.4) is 0 Å². The number of nitrogens with one attached hydrogen (secondary N) is 1. The van der Waals surface area contributed by atoms with Gasteiger partial charge in [0.25, 0.3) is 0 Å². The van der Waals surface area contributed by atoms with E-state index >= 15 is 0 Å². The first-order chi connectivity index (χ1) is 8.56. The molecule has 2 amide bonds. The highest BCUT2D eigenvalue weighted by Crippen LogP contribution is 2.18. The van der Waals surface area contributed by atoms with Crippen LogP contribution < -0.4 is 5.32 Å². The summed E-state index contributed by atoms with van der Waals surface area (Å²) < 4.78 is 5.55. The Morgan fingerprint density at radius 1 is 1.11 bits per heavy atom. The Labute approximate surface area is 108 Å².